The van der Waals surface area contributed by atoms with Gasteiger partial charge in [0.2, 0.25) is 0 Å². The number of ether oxygens (including phenoxy) is 10. The predicted octanol–water partition coefficient (Wildman–Crippen LogP) is -1.27. The van der Waals surface area contributed by atoms with Crippen molar-refractivity contribution in [2.24, 2.45) is 50.2 Å². The van der Waals surface area contributed by atoms with Crippen LogP contribution in [0.4, 0.5) is 0 Å². The van der Waals surface area contributed by atoms with E-state index in [1.165, 1.54) is 0 Å². The van der Waals surface area contributed by atoms with E-state index in [9.17, 15) is 85.9 Å². The minimum Gasteiger partial charge on any atom is -0.479 e. The first-order valence-electron chi connectivity index (χ1n) is 31.1. The molecule has 0 spiro atoms. The van der Waals surface area contributed by atoms with Gasteiger partial charge in [0.1, 0.15) is 85.5 Å². The van der Waals surface area contributed by atoms with Gasteiger partial charge >= 0.3 is 17.9 Å². The van der Waals surface area contributed by atoms with Crippen molar-refractivity contribution in [1.29, 1.82) is 0 Å². The van der Waals surface area contributed by atoms with Crippen LogP contribution in [0.5, 0.6) is 0 Å². The van der Waals surface area contributed by atoms with Crippen molar-refractivity contribution in [3.8, 4) is 0 Å². The lowest BCUT2D eigenvalue weighted by atomic mass is 9.32. The van der Waals surface area contributed by atoms with E-state index < -0.39 is 224 Å². The first-order valence-corrected chi connectivity index (χ1v) is 31.1. The van der Waals surface area contributed by atoms with Gasteiger partial charge in [0.05, 0.1) is 50.2 Å². The first-order chi connectivity index (χ1) is 41.6. The summed E-state index contributed by atoms with van der Waals surface area (Å²) in [6.07, 6.45) is -33.0. The molecule has 27 nitrogen and oxygen atoms in total. The number of aliphatic hydroxyl groups is 13. The third-order valence-corrected chi connectivity index (χ3v) is 23.0. The molecular formula is C62H96O27. The summed E-state index contributed by atoms with van der Waals surface area (Å²) in [5, 5.41) is 157. The van der Waals surface area contributed by atoms with Gasteiger partial charge in [-0.25, -0.2) is 14.4 Å². The molecule has 5 aliphatic carbocycles. The van der Waals surface area contributed by atoms with Gasteiger partial charge in [-0.2, -0.15) is 0 Å². The summed E-state index contributed by atoms with van der Waals surface area (Å²) in [7, 11) is 0. The van der Waals surface area contributed by atoms with Crippen LogP contribution < -0.4 is 0 Å². The number of aliphatic hydroxyl groups excluding tert-OH is 13. The maximum Gasteiger partial charge on any atom is 0.335 e. The molecule has 0 aromatic carbocycles. The van der Waals surface area contributed by atoms with E-state index in [1.54, 1.807) is 39.8 Å². The number of fused-ring (bicyclic) bond motifs is 7. The van der Waals surface area contributed by atoms with Crippen molar-refractivity contribution < 1.29 is 133 Å². The highest BCUT2D eigenvalue weighted by molar-refractivity contribution is 5.89. The van der Waals surface area contributed by atoms with Gasteiger partial charge < -0.3 is 119 Å². The second kappa shape index (κ2) is 25.8. The SMILES string of the molecule is C/C=C(/C)C(=O)O[C@H]1[C@H](OC(=O)/C(C)=C\C)[C@]2(CO)[C@H](O)[C@H](O)[C@]3(C)C(=CC[C@@H]4[C@@]5(C)CC[C@H](O[C@H]6O[C@H](C(=O)O)[C@@H](O)[C@H](O[C@@H]7OC[C@H](O)[C@H](O)[C@H]7O[C@@H]7OC[C@@H](O)[C@H](O)[C@H]7O)[C@H]6O[C@@H]6O[C@H](CO)[C@H](O)[C@H](O)[C@H]6O)C(C)(C)[C@@H]5CC[C@]43C)[C@@H]2CC1(C)C. The molecule has 0 radical (unpaired) electrons. The lowest BCUT2D eigenvalue weighted by molar-refractivity contribution is -0.399. The van der Waals surface area contributed by atoms with Crippen LogP contribution in [0.3, 0.4) is 0 Å². The predicted molar refractivity (Wildman–Crippen MR) is 303 cm³/mol. The molecule has 27 heteroatoms. The average Bonchev–Trinajstić information content (AvgIpc) is 0.667. The molecule has 4 heterocycles. The molecule has 0 aromatic rings. The summed E-state index contributed by atoms with van der Waals surface area (Å²) < 4.78 is 61.2. The standard InChI is InChI=1S/C62H96O27/c1-12-25(3)51(78)88-48-49(89-52(79)26(4)13-2)62(24-64)28(20-57(48,5)6)27-14-15-33-59(9)18-17-34(58(7,8)32(59)16-19-60(33,10)61(27,11)46(74)47(62)75)83-56-45(87-54-40(72)38(70)37(69)31(21-63)82-54)42(41(73)43(85-56)50(76)77)84-55-44(36(68)30(66)23-81-55)86-53-39(71)35(67)29(65)22-80-53/h12-14,28-49,53-56,63-75H,15-24H2,1-11H3,(H,76,77)/b25-12-,26-13-/t28-,29+,30-,31+,32-,33+,34-,35-,36-,37-,38-,39+,40+,41-,42-,43-,44+,45+,46-,47+,48-,49-,53-,54-,55-,56-,59-,60+,61-,62-/m0/s1. The monoisotopic (exact) mass is 1270 g/mol. The van der Waals surface area contributed by atoms with Crippen molar-refractivity contribution in [3.63, 3.8) is 0 Å². The van der Waals surface area contributed by atoms with Gasteiger partial charge in [-0.05, 0) is 100 Å². The molecule has 0 aromatic heterocycles. The number of carboxylic acid groups (broad SMARTS) is 1. The summed E-state index contributed by atoms with van der Waals surface area (Å²) >= 11 is 0. The average molecular weight is 1270 g/mol. The van der Waals surface area contributed by atoms with E-state index in [1.807, 2.05) is 34.6 Å². The number of aliphatic carboxylic acids is 1. The van der Waals surface area contributed by atoms with Crippen molar-refractivity contribution in [1.82, 2.24) is 0 Å². The number of carbonyl (C=O) groups excluding carboxylic acids is 2. The van der Waals surface area contributed by atoms with Crippen LogP contribution in [0.15, 0.2) is 34.9 Å². The normalized spacial score (nSPS) is 49.8. The lowest BCUT2D eigenvalue weighted by Crippen LogP contribution is -2.76. The Morgan fingerprint density at radius 3 is 1.78 bits per heavy atom. The van der Waals surface area contributed by atoms with Gasteiger partial charge in [0.15, 0.2) is 37.4 Å². The molecule has 4 saturated heterocycles. The zero-order chi connectivity index (χ0) is 65.7. The molecule has 89 heavy (non-hydrogen) atoms. The van der Waals surface area contributed by atoms with E-state index in [-0.39, 0.29) is 30.3 Å². The minimum absolute atomic E-state index is 0.197. The van der Waals surface area contributed by atoms with Crippen LogP contribution >= 0.6 is 0 Å². The van der Waals surface area contributed by atoms with Crippen LogP contribution in [-0.4, -0.2) is 257 Å². The number of allylic oxidation sites excluding steroid dienone is 3. The van der Waals surface area contributed by atoms with Crippen molar-refractivity contribution >= 4 is 17.9 Å². The Kier molecular flexibility index (Phi) is 20.4. The van der Waals surface area contributed by atoms with Gasteiger partial charge in [0.25, 0.3) is 0 Å². The molecule has 0 bridgehead atoms. The van der Waals surface area contributed by atoms with Gasteiger partial charge in [-0.15, -0.1) is 0 Å². The van der Waals surface area contributed by atoms with E-state index in [0.717, 1.165) is 5.57 Å². The van der Waals surface area contributed by atoms with E-state index >= 15 is 0 Å². The summed E-state index contributed by atoms with van der Waals surface area (Å²) in [5.41, 5.74) is -4.71. The van der Waals surface area contributed by atoms with E-state index in [0.29, 0.717) is 31.3 Å². The van der Waals surface area contributed by atoms with Crippen LogP contribution in [0.25, 0.3) is 0 Å². The number of rotatable bonds is 15. The summed E-state index contributed by atoms with van der Waals surface area (Å²) in [4.78, 5) is 40.7. The second-order valence-electron chi connectivity index (χ2n) is 28.4. The second-order valence-corrected chi connectivity index (χ2v) is 28.4. The van der Waals surface area contributed by atoms with Crippen LogP contribution in [0.2, 0.25) is 0 Å². The summed E-state index contributed by atoms with van der Waals surface area (Å²) in [5.74, 6) is -4.23. The molecule has 4 saturated carbocycles. The smallest absolute Gasteiger partial charge is 0.335 e. The largest absolute Gasteiger partial charge is 0.479 e. The highest BCUT2D eigenvalue weighted by atomic mass is 16.8. The Hall–Kier alpha value is -3.21. The number of esters is 2. The van der Waals surface area contributed by atoms with Crippen LogP contribution in [0, 0.1) is 50.2 Å². The topological polar surface area (TPSA) is 427 Å². The molecule has 9 rings (SSSR count). The zero-order valence-corrected chi connectivity index (χ0v) is 52.4. The zero-order valence-electron chi connectivity index (χ0n) is 52.4. The van der Waals surface area contributed by atoms with Crippen LogP contribution in [0.1, 0.15) is 115 Å². The maximum absolute atomic E-state index is 13.9. The molecule has 8 fully saturated rings. The van der Waals surface area contributed by atoms with Gasteiger partial charge in [0, 0.05) is 22.0 Å². The van der Waals surface area contributed by atoms with Crippen molar-refractivity contribution in [3.05, 3.63) is 34.9 Å². The highest BCUT2D eigenvalue weighted by Gasteiger charge is 2.76. The van der Waals surface area contributed by atoms with Crippen molar-refractivity contribution in [2.75, 3.05) is 26.4 Å². The third kappa shape index (κ3) is 11.5. The maximum atomic E-state index is 13.9. The number of hydrogen-bond acceptors (Lipinski definition) is 26. The summed E-state index contributed by atoms with van der Waals surface area (Å²) in [6.45, 7) is 17.7. The molecule has 14 N–H and O–H groups in total. The Labute approximate surface area is 517 Å². The molecule has 4 aliphatic heterocycles. The number of carbonyl (C=O) groups is 3. The fourth-order valence-electron chi connectivity index (χ4n) is 17.3. The van der Waals surface area contributed by atoms with Crippen LogP contribution in [-0.2, 0) is 61.8 Å². The molecule has 30 atom stereocenters. The van der Waals surface area contributed by atoms with Crippen molar-refractivity contribution in [2.45, 2.75) is 256 Å². The van der Waals surface area contributed by atoms with Gasteiger partial charge in [-0.1, -0.05) is 72.3 Å². The molecule has 0 amide bonds. The molecule has 506 valence electrons. The fourth-order valence-corrected chi connectivity index (χ4v) is 17.3. The van der Waals surface area contributed by atoms with E-state index in [4.69, 9.17) is 47.4 Å². The first kappa shape index (κ1) is 70.1. The Morgan fingerprint density at radius 1 is 0.607 bits per heavy atom. The number of carboxylic acids is 1. The molecule has 0 unspecified atom stereocenters. The van der Waals surface area contributed by atoms with E-state index in [2.05, 4.69) is 19.9 Å². The summed E-state index contributed by atoms with van der Waals surface area (Å²) in [6, 6.07) is 0. The van der Waals surface area contributed by atoms with Gasteiger partial charge in [-0.3, -0.25) is 0 Å². The Morgan fingerprint density at radius 2 is 1.18 bits per heavy atom. The molecule has 9 aliphatic rings. The quantitative estimate of drug-likeness (QED) is 0.0393. The minimum atomic E-state index is -2.24. The fraction of sp³-hybridized carbons (Fsp3) is 0.855. The highest BCUT2D eigenvalue weighted by Crippen LogP contribution is 2.76. The Balaban J connectivity index is 1.05. The molecular weight excluding hydrogens is 1180 g/mol. The Bertz CT molecular complexity index is 2660. The number of hydrogen-bond donors (Lipinski definition) is 14. The third-order valence-electron chi connectivity index (χ3n) is 23.0. The lowest BCUT2D eigenvalue weighted by Gasteiger charge is -2.73.